The Labute approximate surface area is 91.6 Å². The number of piperazine rings is 1. The second kappa shape index (κ2) is 5.92. The highest BCUT2D eigenvalue weighted by Gasteiger charge is 2.23. The van der Waals surface area contributed by atoms with Crippen LogP contribution >= 0.6 is 0 Å². The number of urea groups is 1. The van der Waals surface area contributed by atoms with E-state index in [2.05, 4.69) is 17.1 Å². The second-order valence-electron chi connectivity index (χ2n) is 3.88. The van der Waals surface area contributed by atoms with Crippen LogP contribution in [0.1, 0.15) is 13.3 Å². The first-order valence-electron chi connectivity index (χ1n) is 5.63. The van der Waals surface area contributed by atoms with E-state index in [4.69, 9.17) is 5.73 Å². The zero-order valence-electron chi connectivity index (χ0n) is 9.70. The number of carbonyl (C=O) groups excluding carboxylic acids is 1. The lowest BCUT2D eigenvalue weighted by Crippen LogP contribution is -2.55. The van der Waals surface area contributed by atoms with Crippen LogP contribution in [0.2, 0.25) is 0 Å². The predicted octanol–water partition coefficient (Wildman–Crippen LogP) is -0.319. The molecule has 15 heavy (non-hydrogen) atoms. The van der Waals surface area contributed by atoms with Gasteiger partial charge in [-0.15, -0.1) is 0 Å². The van der Waals surface area contributed by atoms with Crippen LogP contribution in [0.5, 0.6) is 0 Å². The van der Waals surface area contributed by atoms with Crippen molar-refractivity contribution in [2.75, 3.05) is 39.8 Å². The largest absolute Gasteiger partial charge is 0.341 e. The molecule has 1 aliphatic rings. The zero-order chi connectivity index (χ0) is 11.3. The minimum atomic E-state index is 0.0236. The van der Waals surface area contributed by atoms with Gasteiger partial charge < -0.3 is 16.0 Å². The average molecular weight is 214 g/mol. The Morgan fingerprint density at radius 1 is 1.40 bits per heavy atom. The molecule has 1 unspecified atom stereocenters. The molecule has 0 aliphatic carbocycles. The molecule has 0 spiro atoms. The molecule has 1 heterocycles. The lowest BCUT2D eigenvalue weighted by Gasteiger charge is -2.38. The Hall–Kier alpha value is -0.810. The number of nitrogens with one attached hydrogen (secondary N) is 1. The molecule has 0 bridgehead atoms. The molecular formula is C10H22N4O. The first-order valence-corrected chi connectivity index (χ1v) is 5.63. The number of hydrogen-bond acceptors (Lipinski definition) is 3. The summed E-state index contributed by atoms with van der Waals surface area (Å²) in [5.74, 6) is 0. The van der Waals surface area contributed by atoms with Gasteiger partial charge in [-0.3, -0.25) is 4.90 Å². The highest BCUT2D eigenvalue weighted by molar-refractivity contribution is 5.73. The molecule has 3 N–H and O–H groups in total. The van der Waals surface area contributed by atoms with Gasteiger partial charge in [-0.05, 0) is 6.42 Å². The number of carbonyl (C=O) groups is 1. The van der Waals surface area contributed by atoms with E-state index < -0.39 is 0 Å². The normalized spacial score (nSPS) is 20.1. The Morgan fingerprint density at radius 3 is 2.40 bits per heavy atom. The van der Waals surface area contributed by atoms with Gasteiger partial charge in [0, 0.05) is 45.8 Å². The maximum absolute atomic E-state index is 11.4. The van der Waals surface area contributed by atoms with Gasteiger partial charge in [0.25, 0.3) is 0 Å². The van der Waals surface area contributed by atoms with Crippen molar-refractivity contribution in [3.05, 3.63) is 0 Å². The summed E-state index contributed by atoms with van der Waals surface area (Å²) >= 11 is 0. The number of amides is 2. The highest BCUT2D eigenvalue weighted by Crippen LogP contribution is 2.08. The fraction of sp³-hybridized carbons (Fsp3) is 0.900. The summed E-state index contributed by atoms with van der Waals surface area (Å²) in [6.07, 6.45) is 1.08. The Kier molecular flexibility index (Phi) is 4.84. The van der Waals surface area contributed by atoms with E-state index in [-0.39, 0.29) is 6.03 Å². The van der Waals surface area contributed by atoms with Crippen molar-refractivity contribution in [3.8, 4) is 0 Å². The van der Waals surface area contributed by atoms with Gasteiger partial charge in [0.15, 0.2) is 0 Å². The monoisotopic (exact) mass is 214 g/mol. The summed E-state index contributed by atoms with van der Waals surface area (Å²) < 4.78 is 0. The van der Waals surface area contributed by atoms with Crippen molar-refractivity contribution >= 4 is 6.03 Å². The van der Waals surface area contributed by atoms with Crippen molar-refractivity contribution in [3.63, 3.8) is 0 Å². The summed E-state index contributed by atoms with van der Waals surface area (Å²) in [5.41, 5.74) is 5.70. The predicted molar refractivity (Wildman–Crippen MR) is 60.7 cm³/mol. The van der Waals surface area contributed by atoms with Crippen LogP contribution < -0.4 is 11.1 Å². The van der Waals surface area contributed by atoms with Gasteiger partial charge in [0.2, 0.25) is 0 Å². The molecule has 1 saturated heterocycles. The summed E-state index contributed by atoms with van der Waals surface area (Å²) in [5, 5.41) is 2.65. The van der Waals surface area contributed by atoms with E-state index in [1.807, 2.05) is 4.90 Å². The van der Waals surface area contributed by atoms with Gasteiger partial charge in [0.1, 0.15) is 0 Å². The van der Waals surface area contributed by atoms with Crippen LogP contribution in [-0.4, -0.2) is 61.6 Å². The quantitative estimate of drug-likeness (QED) is 0.677. The molecular weight excluding hydrogens is 192 g/mol. The van der Waals surface area contributed by atoms with E-state index in [9.17, 15) is 4.79 Å². The first kappa shape index (κ1) is 12.3. The van der Waals surface area contributed by atoms with Crippen LogP contribution in [0.25, 0.3) is 0 Å². The molecule has 1 aliphatic heterocycles. The third kappa shape index (κ3) is 3.07. The van der Waals surface area contributed by atoms with Crippen molar-refractivity contribution in [2.24, 2.45) is 5.73 Å². The third-order valence-electron chi connectivity index (χ3n) is 3.08. The topological polar surface area (TPSA) is 61.6 Å². The minimum absolute atomic E-state index is 0.0236. The fourth-order valence-corrected chi connectivity index (χ4v) is 2.02. The Balaban J connectivity index is 2.38. The molecule has 5 nitrogen and oxygen atoms in total. The standard InChI is InChI=1S/C10H22N4O/c1-3-9(8-11)13-4-6-14(7-5-13)10(15)12-2/h9H,3-8,11H2,1-2H3,(H,12,15). The van der Waals surface area contributed by atoms with Crippen molar-refractivity contribution in [1.29, 1.82) is 0 Å². The molecule has 1 fully saturated rings. The van der Waals surface area contributed by atoms with E-state index in [0.29, 0.717) is 12.6 Å². The molecule has 1 rings (SSSR count). The van der Waals surface area contributed by atoms with Crippen LogP contribution in [-0.2, 0) is 0 Å². The Bertz CT molecular complexity index is 198. The molecule has 0 aromatic heterocycles. The van der Waals surface area contributed by atoms with E-state index in [1.54, 1.807) is 7.05 Å². The summed E-state index contributed by atoms with van der Waals surface area (Å²) in [6, 6.07) is 0.493. The minimum Gasteiger partial charge on any atom is -0.341 e. The third-order valence-corrected chi connectivity index (χ3v) is 3.08. The fourth-order valence-electron chi connectivity index (χ4n) is 2.02. The summed E-state index contributed by atoms with van der Waals surface area (Å²) in [7, 11) is 1.67. The van der Waals surface area contributed by atoms with Crippen LogP contribution in [0.4, 0.5) is 4.79 Å². The van der Waals surface area contributed by atoms with Crippen molar-refractivity contribution in [1.82, 2.24) is 15.1 Å². The van der Waals surface area contributed by atoms with Crippen LogP contribution in [0.15, 0.2) is 0 Å². The zero-order valence-corrected chi connectivity index (χ0v) is 9.70. The molecule has 0 radical (unpaired) electrons. The number of rotatable bonds is 3. The first-order chi connectivity index (χ1) is 7.22. The lowest BCUT2D eigenvalue weighted by atomic mass is 10.1. The lowest BCUT2D eigenvalue weighted by molar-refractivity contribution is 0.109. The van der Waals surface area contributed by atoms with Gasteiger partial charge in [0.05, 0.1) is 0 Å². The average Bonchev–Trinajstić information content (AvgIpc) is 2.30. The highest BCUT2D eigenvalue weighted by atomic mass is 16.2. The molecule has 0 aromatic carbocycles. The van der Waals surface area contributed by atoms with Crippen LogP contribution in [0.3, 0.4) is 0 Å². The molecule has 88 valence electrons. The van der Waals surface area contributed by atoms with Gasteiger partial charge in [-0.25, -0.2) is 4.79 Å². The summed E-state index contributed by atoms with van der Waals surface area (Å²) in [6.45, 7) is 6.33. The number of nitrogens with zero attached hydrogens (tertiary/aromatic N) is 2. The molecule has 0 aromatic rings. The maximum Gasteiger partial charge on any atom is 0.317 e. The maximum atomic E-state index is 11.4. The second-order valence-corrected chi connectivity index (χ2v) is 3.88. The van der Waals surface area contributed by atoms with Gasteiger partial charge in [-0.2, -0.15) is 0 Å². The SMILES string of the molecule is CCC(CN)N1CCN(C(=O)NC)CC1. The molecule has 1 atom stereocenters. The van der Waals surface area contributed by atoms with Gasteiger partial charge in [-0.1, -0.05) is 6.92 Å². The van der Waals surface area contributed by atoms with E-state index in [1.165, 1.54) is 0 Å². The summed E-state index contributed by atoms with van der Waals surface area (Å²) in [4.78, 5) is 15.6. The Morgan fingerprint density at radius 2 is 2.00 bits per heavy atom. The van der Waals surface area contributed by atoms with Crippen molar-refractivity contribution < 1.29 is 4.79 Å². The number of hydrogen-bond donors (Lipinski definition) is 2. The van der Waals surface area contributed by atoms with E-state index in [0.717, 1.165) is 32.6 Å². The van der Waals surface area contributed by atoms with Crippen molar-refractivity contribution in [2.45, 2.75) is 19.4 Å². The number of nitrogens with two attached hydrogens (primary N) is 1. The molecule has 2 amide bonds. The van der Waals surface area contributed by atoms with Crippen LogP contribution in [0, 0.1) is 0 Å². The molecule has 5 heteroatoms. The smallest absolute Gasteiger partial charge is 0.317 e. The van der Waals surface area contributed by atoms with Gasteiger partial charge >= 0.3 is 6.03 Å². The van der Waals surface area contributed by atoms with E-state index >= 15 is 0 Å². The molecule has 0 saturated carbocycles.